The number of para-hydroxylation sites is 1. The fourth-order valence-corrected chi connectivity index (χ4v) is 3.35. The number of fused-ring (bicyclic) bond motifs is 1. The molecule has 1 atom stereocenters. The predicted octanol–water partition coefficient (Wildman–Crippen LogP) is 4.30. The van der Waals surface area contributed by atoms with Crippen molar-refractivity contribution in [3.63, 3.8) is 0 Å². The Labute approximate surface area is 197 Å². The van der Waals surface area contributed by atoms with Gasteiger partial charge in [-0.05, 0) is 29.8 Å². The summed E-state index contributed by atoms with van der Waals surface area (Å²) in [5.74, 6) is -0.279. The van der Waals surface area contributed by atoms with Crippen molar-refractivity contribution in [2.75, 3.05) is 18.5 Å². The van der Waals surface area contributed by atoms with E-state index in [1.165, 1.54) is 24.3 Å². The van der Waals surface area contributed by atoms with Crippen LogP contribution in [0, 0.1) is 0 Å². The number of rotatable bonds is 7. The minimum Gasteiger partial charge on any atom is -0.475 e. The zero-order chi connectivity index (χ0) is 25.0. The van der Waals surface area contributed by atoms with Crippen molar-refractivity contribution in [3.8, 4) is 17.0 Å². The lowest BCUT2D eigenvalue weighted by Gasteiger charge is -2.12. The Bertz CT molecular complexity index is 1360. The summed E-state index contributed by atoms with van der Waals surface area (Å²) >= 11 is 0. The molecule has 0 fully saturated rings. The van der Waals surface area contributed by atoms with E-state index in [0.29, 0.717) is 22.0 Å². The Kier molecular flexibility index (Phi) is 6.94. The zero-order valence-electron chi connectivity index (χ0n) is 18.2. The molecule has 7 nitrogen and oxygen atoms in total. The number of amides is 1. The summed E-state index contributed by atoms with van der Waals surface area (Å²) in [5.41, 5.74) is 0.426. The molecule has 2 heterocycles. The van der Waals surface area contributed by atoms with Gasteiger partial charge < -0.3 is 20.3 Å². The molecular formula is C25H20F3N3O4. The number of alkyl halides is 3. The molecule has 0 aliphatic carbocycles. The van der Waals surface area contributed by atoms with E-state index in [1.54, 1.807) is 36.4 Å². The van der Waals surface area contributed by atoms with Gasteiger partial charge in [0.25, 0.3) is 5.91 Å². The minimum atomic E-state index is -4.49. The first-order chi connectivity index (χ1) is 16.7. The Morgan fingerprint density at radius 3 is 2.54 bits per heavy atom. The van der Waals surface area contributed by atoms with Crippen molar-refractivity contribution in [2.45, 2.75) is 12.3 Å². The molecule has 0 saturated heterocycles. The van der Waals surface area contributed by atoms with Crippen LogP contribution in [0.5, 0.6) is 5.88 Å². The zero-order valence-corrected chi connectivity index (χ0v) is 18.2. The largest absolute Gasteiger partial charge is 0.475 e. The molecule has 35 heavy (non-hydrogen) atoms. The number of halogens is 3. The van der Waals surface area contributed by atoms with Gasteiger partial charge in [0.05, 0.1) is 17.7 Å². The highest BCUT2D eigenvalue weighted by Gasteiger charge is 2.30. The van der Waals surface area contributed by atoms with E-state index in [-0.39, 0.29) is 24.0 Å². The molecule has 2 aromatic heterocycles. The average molecular weight is 483 g/mol. The van der Waals surface area contributed by atoms with Crippen LogP contribution in [0.25, 0.3) is 22.0 Å². The van der Waals surface area contributed by atoms with E-state index in [2.05, 4.69) is 15.3 Å². The number of benzene rings is 2. The lowest BCUT2D eigenvalue weighted by Crippen LogP contribution is -2.21. The number of aliphatic hydroxyl groups excluding tert-OH is 2. The highest BCUT2D eigenvalue weighted by molar-refractivity contribution is 6.04. The minimum absolute atomic E-state index is 0.0424. The number of carbonyl (C=O) groups excluding carboxylic acids is 1. The summed E-state index contributed by atoms with van der Waals surface area (Å²) in [6.45, 7) is -0.641. The van der Waals surface area contributed by atoms with Gasteiger partial charge in [-0.3, -0.25) is 4.79 Å². The number of hydrogen-bond acceptors (Lipinski definition) is 6. The molecule has 3 N–H and O–H groups in total. The lowest BCUT2D eigenvalue weighted by atomic mass is 9.99. The molecule has 4 rings (SSSR count). The smallest absolute Gasteiger partial charge is 0.416 e. The van der Waals surface area contributed by atoms with Crippen LogP contribution in [-0.2, 0) is 6.18 Å². The Hall–Kier alpha value is -4.02. The number of aromatic nitrogens is 2. The first-order valence-corrected chi connectivity index (χ1v) is 10.5. The predicted molar refractivity (Wildman–Crippen MR) is 123 cm³/mol. The maximum atomic E-state index is 13.2. The van der Waals surface area contributed by atoms with Crippen molar-refractivity contribution < 1.29 is 32.9 Å². The van der Waals surface area contributed by atoms with Crippen molar-refractivity contribution in [1.29, 1.82) is 0 Å². The number of ether oxygens (including phenoxy) is 1. The summed E-state index contributed by atoms with van der Waals surface area (Å²) in [7, 11) is 0. The Morgan fingerprint density at radius 2 is 1.77 bits per heavy atom. The highest BCUT2D eigenvalue weighted by Crippen LogP contribution is 2.34. The molecule has 0 spiro atoms. The van der Waals surface area contributed by atoms with E-state index in [0.717, 1.165) is 12.1 Å². The van der Waals surface area contributed by atoms with E-state index < -0.39 is 30.4 Å². The lowest BCUT2D eigenvalue weighted by molar-refractivity contribution is -0.137. The standard InChI is InChI=1S/C25H20F3N3O4/c26-25(27,28)17-6-1-5-16(12-17)19-7-2-4-15-10-11-20(29-23(15)19)24(34)31-21-8-3-9-22(30-21)35-14-18(33)13-32/h1-12,18,32-33H,13-14H2,(H,30,31,34). The highest BCUT2D eigenvalue weighted by atomic mass is 19.4. The topological polar surface area (TPSA) is 105 Å². The van der Waals surface area contributed by atoms with E-state index >= 15 is 0 Å². The number of aliphatic hydroxyl groups is 2. The van der Waals surface area contributed by atoms with Gasteiger partial charge in [0.1, 0.15) is 24.2 Å². The van der Waals surface area contributed by atoms with Gasteiger partial charge in [0.15, 0.2) is 0 Å². The molecule has 1 amide bonds. The normalized spacial score (nSPS) is 12.4. The quantitative estimate of drug-likeness (QED) is 0.362. The number of nitrogens with one attached hydrogen (secondary N) is 1. The second-order valence-electron chi connectivity index (χ2n) is 7.61. The number of nitrogens with zero attached hydrogens (tertiary/aromatic N) is 2. The number of carbonyl (C=O) groups is 1. The van der Waals surface area contributed by atoms with Gasteiger partial charge >= 0.3 is 6.18 Å². The van der Waals surface area contributed by atoms with Gasteiger partial charge in [-0.1, -0.05) is 42.5 Å². The maximum absolute atomic E-state index is 13.2. The third-order valence-electron chi connectivity index (χ3n) is 5.05. The number of hydrogen-bond donors (Lipinski definition) is 3. The SMILES string of the molecule is O=C(Nc1cccc(OCC(O)CO)n1)c1ccc2cccc(-c3cccc(C(F)(F)F)c3)c2n1. The monoisotopic (exact) mass is 483 g/mol. The van der Waals surface area contributed by atoms with Crippen molar-refractivity contribution in [2.24, 2.45) is 0 Å². The molecule has 10 heteroatoms. The molecule has 4 aromatic rings. The first-order valence-electron chi connectivity index (χ1n) is 10.5. The molecule has 0 saturated carbocycles. The second kappa shape index (κ2) is 10.1. The molecule has 0 aliphatic heterocycles. The maximum Gasteiger partial charge on any atom is 0.416 e. The van der Waals surface area contributed by atoms with E-state index in [1.807, 2.05) is 0 Å². The van der Waals surface area contributed by atoms with Crippen LogP contribution < -0.4 is 10.1 Å². The van der Waals surface area contributed by atoms with Crippen LogP contribution in [-0.4, -0.2) is 45.4 Å². The van der Waals surface area contributed by atoms with Crippen LogP contribution >= 0.6 is 0 Å². The third-order valence-corrected chi connectivity index (χ3v) is 5.05. The summed E-state index contributed by atoms with van der Waals surface area (Å²) in [5, 5.41) is 21.5. The van der Waals surface area contributed by atoms with Crippen LogP contribution in [0.3, 0.4) is 0 Å². The fraction of sp³-hybridized carbons (Fsp3) is 0.160. The molecule has 0 radical (unpaired) electrons. The third kappa shape index (κ3) is 5.73. The molecular weight excluding hydrogens is 463 g/mol. The Balaban J connectivity index is 1.61. The van der Waals surface area contributed by atoms with Gasteiger partial charge in [-0.2, -0.15) is 18.2 Å². The van der Waals surface area contributed by atoms with Crippen LogP contribution in [0.2, 0.25) is 0 Å². The summed E-state index contributed by atoms with van der Waals surface area (Å²) in [4.78, 5) is 21.4. The summed E-state index contributed by atoms with van der Waals surface area (Å²) < 4.78 is 44.9. The van der Waals surface area contributed by atoms with E-state index in [9.17, 15) is 23.1 Å². The number of pyridine rings is 2. The summed E-state index contributed by atoms with van der Waals surface area (Å²) in [6, 6.07) is 17.9. The summed E-state index contributed by atoms with van der Waals surface area (Å²) in [6.07, 6.45) is -5.55. The second-order valence-corrected chi connectivity index (χ2v) is 7.61. The van der Waals surface area contributed by atoms with Crippen LogP contribution in [0.1, 0.15) is 16.1 Å². The molecule has 1 unspecified atom stereocenters. The molecule has 180 valence electrons. The fourth-order valence-electron chi connectivity index (χ4n) is 3.35. The molecule has 0 bridgehead atoms. The van der Waals surface area contributed by atoms with Crippen LogP contribution in [0.4, 0.5) is 19.0 Å². The first kappa shape index (κ1) is 24.1. The molecule has 0 aliphatic rings. The molecule has 2 aromatic carbocycles. The van der Waals surface area contributed by atoms with Crippen molar-refractivity contribution in [1.82, 2.24) is 9.97 Å². The average Bonchev–Trinajstić information content (AvgIpc) is 2.86. The van der Waals surface area contributed by atoms with Gasteiger partial charge in [-0.25, -0.2) is 4.98 Å². The van der Waals surface area contributed by atoms with Gasteiger partial charge in [-0.15, -0.1) is 0 Å². The van der Waals surface area contributed by atoms with Crippen molar-refractivity contribution >= 4 is 22.6 Å². The van der Waals surface area contributed by atoms with Crippen LogP contribution in [0.15, 0.2) is 72.8 Å². The van der Waals surface area contributed by atoms with E-state index in [4.69, 9.17) is 9.84 Å². The Morgan fingerprint density at radius 1 is 1.00 bits per heavy atom. The van der Waals surface area contributed by atoms with Gasteiger partial charge in [0.2, 0.25) is 5.88 Å². The number of anilines is 1. The van der Waals surface area contributed by atoms with Gasteiger partial charge in [0, 0.05) is 17.0 Å². The van der Waals surface area contributed by atoms with Crippen molar-refractivity contribution in [3.05, 3.63) is 84.1 Å².